The van der Waals surface area contributed by atoms with Gasteiger partial charge in [-0.2, -0.15) is 0 Å². The number of benzene rings is 4. The molecule has 0 unspecified atom stereocenters. The van der Waals surface area contributed by atoms with E-state index in [1.807, 2.05) is 12.1 Å². The van der Waals surface area contributed by atoms with Crippen LogP contribution in [-0.4, -0.2) is 10.2 Å². The molecule has 0 radical (unpaired) electrons. The minimum absolute atomic E-state index is 0.0631. The molecule has 53 heavy (non-hydrogen) atoms. The van der Waals surface area contributed by atoms with Crippen molar-refractivity contribution >= 4 is 12.2 Å². The zero-order valence-corrected chi connectivity index (χ0v) is 35.6. The van der Waals surface area contributed by atoms with E-state index in [1.54, 1.807) is 12.5 Å². The van der Waals surface area contributed by atoms with E-state index in [-0.39, 0.29) is 21.7 Å². The number of ether oxygens (including phenoxy) is 1. The van der Waals surface area contributed by atoms with Crippen LogP contribution in [-0.2, 0) is 39.2 Å². The van der Waals surface area contributed by atoms with E-state index in [0.717, 1.165) is 46.2 Å². The van der Waals surface area contributed by atoms with E-state index < -0.39 is 0 Å². The second kappa shape index (κ2) is 15.2. The van der Waals surface area contributed by atoms with Crippen LogP contribution < -0.4 is 0 Å². The number of phenolic OH excluding ortho intramolecular Hbond substituents is 2. The Labute approximate surface area is 321 Å². The van der Waals surface area contributed by atoms with E-state index in [4.69, 9.17) is 4.74 Å². The van der Waals surface area contributed by atoms with E-state index >= 15 is 0 Å². The van der Waals surface area contributed by atoms with Crippen LogP contribution in [0.2, 0.25) is 0 Å². The first-order valence-corrected chi connectivity index (χ1v) is 19.2. The van der Waals surface area contributed by atoms with Crippen molar-refractivity contribution in [2.24, 2.45) is 0 Å². The van der Waals surface area contributed by atoms with E-state index in [9.17, 15) is 10.2 Å². The lowest BCUT2D eigenvalue weighted by Crippen LogP contribution is -2.15. The third-order valence-corrected chi connectivity index (χ3v) is 10.6. The van der Waals surface area contributed by atoms with Crippen molar-refractivity contribution < 1.29 is 14.9 Å². The topological polar surface area (TPSA) is 49.7 Å². The van der Waals surface area contributed by atoms with Gasteiger partial charge in [-0.05, 0) is 164 Å². The lowest BCUT2D eigenvalue weighted by Gasteiger charge is -2.25. The van der Waals surface area contributed by atoms with Gasteiger partial charge in [0.2, 0.25) is 0 Å². The molecule has 0 atom stereocenters. The average molecular weight is 715 g/mol. The summed E-state index contributed by atoms with van der Waals surface area (Å²) in [5.74, 6) is 0.746. The SMILES string of the molecule is Cc1cc(O)c(C(C)(C)C)cc1Cc1cc(C(C)(C)C)c(C=COC=Cc2cc(C)c(Cc3cc(C(C)(C)C)c(O)cc3C)cc2C(C)(C)C)cc1C. The molecule has 3 nitrogen and oxygen atoms in total. The van der Waals surface area contributed by atoms with E-state index in [1.165, 1.54) is 44.5 Å². The van der Waals surface area contributed by atoms with Crippen molar-refractivity contribution in [3.05, 3.63) is 139 Å². The van der Waals surface area contributed by atoms with Crippen LogP contribution >= 0.6 is 0 Å². The van der Waals surface area contributed by atoms with Crippen LogP contribution in [0.25, 0.3) is 12.2 Å². The monoisotopic (exact) mass is 715 g/mol. The minimum atomic E-state index is -0.136. The Kier molecular flexibility index (Phi) is 11.9. The molecule has 0 saturated carbocycles. The summed E-state index contributed by atoms with van der Waals surface area (Å²) in [6.45, 7) is 35.0. The molecule has 284 valence electrons. The van der Waals surface area contributed by atoms with Crippen molar-refractivity contribution in [2.45, 2.75) is 145 Å². The van der Waals surface area contributed by atoms with Gasteiger partial charge < -0.3 is 14.9 Å². The van der Waals surface area contributed by atoms with Gasteiger partial charge in [-0.3, -0.25) is 0 Å². The fourth-order valence-electron chi connectivity index (χ4n) is 7.24. The lowest BCUT2D eigenvalue weighted by atomic mass is 9.80. The fraction of sp³-hybridized carbons (Fsp3) is 0.440. The van der Waals surface area contributed by atoms with Gasteiger partial charge in [0.15, 0.2) is 0 Å². The van der Waals surface area contributed by atoms with Crippen LogP contribution in [0.5, 0.6) is 11.5 Å². The molecule has 0 aliphatic rings. The van der Waals surface area contributed by atoms with Crippen molar-refractivity contribution in [3.63, 3.8) is 0 Å². The molecule has 0 aliphatic carbocycles. The molecule has 4 rings (SSSR count). The second-order valence-electron chi connectivity index (χ2n) is 19.4. The van der Waals surface area contributed by atoms with Crippen LogP contribution in [0.3, 0.4) is 0 Å². The molecule has 2 N–H and O–H groups in total. The number of hydrogen-bond donors (Lipinski definition) is 2. The Hall–Kier alpha value is -4.24. The van der Waals surface area contributed by atoms with Crippen LogP contribution in [0.1, 0.15) is 161 Å². The molecule has 0 heterocycles. The first-order chi connectivity index (χ1) is 24.3. The number of phenols is 2. The zero-order chi connectivity index (χ0) is 39.8. The van der Waals surface area contributed by atoms with Crippen LogP contribution in [0, 0.1) is 27.7 Å². The van der Waals surface area contributed by atoms with Crippen LogP contribution in [0.4, 0.5) is 0 Å². The predicted molar refractivity (Wildman–Crippen MR) is 228 cm³/mol. The van der Waals surface area contributed by atoms with Gasteiger partial charge in [0.25, 0.3) is 0 Å². The van der Waals surface area contributed by atoms with Gasteiger partial charge >= 0.3 is 0 Å². The Morgan fingerprint density at radius 3 is 0.962 bits per heavy atom. The molecule has 0 aliphatic heterocycles. The van der Waals surface area contributed by atoms with Gasteiger partial charge in [0.1, 0.15) is 11.5 Å². The molecule has 4 aromatic carbocycles. The Bertz CT molecular complexity index is 1880. The maximum atomic E-state index is 10.7. The number of aromatic hydroxyl groups is 2. The maximum absolute atomic E-state index is 10.7. The summed E-state index contributed by atoms with van der Waals surface area (Å²) >= 11 is 0. The first-order valence-electron chi connectivity index (χ1n) is 19.2. The highest BCUT2D eigenvalue weighted by molar-refractivity contribution is 5.61. The van der Waals surface area contributed by atoms with Crippen molar-refractivity contribution in [1.82, 2.24) is 0 Å². The molecular formula is C50H66O3. The maximum Gasteiger partial charge on any atom is 0.119 e. The van der Waals surface area contributed by atoms with Gasteiger partial charge in [0.05, 0.1) is 12.5 Å². The Balaban J connectivity index is 1.60. The smallest absolute Gasteiger partial charge is 0.119 e. The molecule has 0 fully saturated rings. The summed E-state index contributed by atoms with van der Waals surface area (Å²) in [7, 11) is 0. The van der Waals surface area contributed by atoms with Gasteiger partial charge in [-0.25, -0.2) is 0 Å². The summed E-state index contributed by atoms with van der Waals surface area (Å²) in [4.78, 5) is 0. The van der Waals surface area contributed by atoms with Crippen molar-refractivity contribution in [2.75, 3.05) is 0 Å². The molecule has 0 bridgehead atoms. The van der Waals surface area contributed by atoms with Crippen molar-refractivity contribution in [1.29, 1.82) is 0 Å². The molecule has 3 heteroatoms. The average Bonchev–Trinajstić information content (AvgIpc) is 2.99. The molecule has 0 spiro atoms. The molecular weight excluding hydrogens is 649 g/mol. The normalized spacial score (nSPS) is 13.1. The summed E-state index contributed by atoms with van der Waals surface area (Å²) in [6.07, 6.45) is 9.37. The molecule has 4 aromatic rings. The number of rotatable bonds is 8. The summed E-state index contributed by atoms with van der Waals surface area (Å²) < 4.78 is 6.04. The summed E-state index contributed by atoms with van der Waals surface area (Å²) in [5, 5.41) is 21.4. The lowest BCUT2D eigenvalue weighted by molar-refractivity contribution is 0.410. The zero-order valence-electron chi connectivity index (χ0n) is 35.6. The first kappa shape index (κ1) is 41.5. The summed E-state index contributed by atoms with van der Waals surface area (Å²) in [5.41, 5.74) is 16.2. The number of aryl methyl sites for hydroxylation is 4. The molecule has 0 aromatic heterocycles. The quantitative estimate of drug-likeness (QED) is 0.179. The highest BCUT2D eigenvalue weighted by Gasteiger charge is 2.24. The van der Waals surface area contributed by atoms with Gasteiger partial charge in [0, 0.05) is 0 Å². The standard InChI is InChI=1S/C50H66O3/c1-31-21-35(41(47(5,6)7)27-37(31)25-39-29-43(49(11,12)13)45(51)23-33(39)3)17-19-53-20-18-36-22-32(2)38(28-42(36)48(8,9)10)26-40-30-44(50(14,15)16)46(52)24-34(40)4/h17-24,27-30,51-52H,25-26H2,1-16H3. The minimum Gasteiger partial charge on any atom is -0.508 e. The Morgan fingerprint density at radius 1 is 0.415 bits per heavy atom. The largest absolute Gasteiger partial charge is 0.508 e. The predicted octanol–water partition coefficient (Wildman–Crippen LogP) is 13.4. The fourth-order valence-corrected chi connectivity index (χ4v) is 7.24. The second-order valence-corrected chi connectivity index (χ2v) is 19.4. The third kappa shape index (κ3) is 10.0. The third-order valence-electron chi connectivity index (χ3n) is 10.6. The highest BCUT2D eigenvalue weighted by atomic mass is 16.5. The van der Waals surface area contributed by atoms with Gasteiger partial charge in [-0.15, -0.1) is 0 Å². The molecule has 0 amide bonds. The molecule has 0 saturated heterocycles. The van der Waals surface area contributed by atoms with Crippen molar-refractivity contribution in [3.8, 4) is 11.5 Å². The highest BCUT2D eigenvalue weighted by Crippen LogP contribution is 2.37. The van der Waals surface area contributed by atoms with E-state index in [2.05, 4.69) is 159 Å². The number of hydrogen-bond acceptors (Lipinski definition) is 3. The van der Waals surface area contributed by atoms with Gasteiger partial charge in [-0.1, -0.05) is 119 Å². The van der Waals surface area contributed by atoms with Crippen LogP contribution in [0.15, 0.2) is 61.1 Å². The summed E-state index contributed by atoms with van der Waals surface area (Å²) in [6, 6.07) is 17.5. The van der Waals surface area contributed by atoms with E-state index in [0.29, 0.717) is 11.5 Å². The Morgan fingerprint density at radius 2 is 0.679 bits per heavy atom.